The molecule has 88 valence electrons. The summed E-state index contributed by atoms with van der Waals surface area (Å²) in [4.78, 5) is 0. The summed E-state index contributed by atoms with van der Waals surface area (Å²) in [6.07, 6.45) is 0. The van der Waals surface area contributed by atoms with Crippen LogP contribution in [0.3, 0.4) is 0 Å². The molecule has 0 aromatic heterocycles. The van der Waals surface area contributed by atoms with Gasteiger partial charge in [0.15, 0.2) is 11.6 Å². The minimum atomic E-state index is -0.914. The first-order valence-corrected chi connectivity index (χ1v) is 5.74. The van der Waals surface area contributed by atoms with Crippen LogP contribution in [0.5, 0.6) is 0 Å². The fraction of sp³-hybridized carbons (Fsp3) is 0.0769. The zero-order valence-corrected chi connectivity index (χ0v) is 10.1. The highest BCUT2D eigenvalue weighted by Gasteiger charge is 2.17. The van der Waals surface area contributed by atoms with Crippen molar-refractivity contribution >= 4 is 23.2 Å². The lowest BCUT2D eigenvalue weighted by Crippen LogP contribution is -1.99. The van der Waals surface area contributed by atoms with Crippen molar-refractivity contribution in [1.82, 2.24) is 0 Å². The van der Waals surface area contributed by atoms with Gasteiger partial charge in [-0.05, 0) is 23.8 Å². The zero-order valence-electron chi connectivity index (χ0n) is 8.63. The van der Waals surface area contributed by atoms with Crippen molar-refractivity contribution in [2.75, 3.05) is 0 Å². The van der Waals surface area contributed by atoms with Crippen LogP contribution in [0.4, 0.5) is 8.78 Å². The van der Waals surface area contributed by atoms with Crippen LogP contribution in [-0.2, 0) is 0 Å². The molecule has 0 aliphatic rings. The first kappa shape index (κ1) is 12.3. The molecule has 2 rings (SSSR count). The van der Waals surface area contributed by atoms with Crippen molar-refractivity contribution < 1.29 is 8.78 Å². The van der Waals surface area contributed by atoms with Crippen molar-refractivity contribution in [2.45, 2.75) is 5.38 Å². The highest BCUT2D eigenvalue weighted by Crippen LogP contribution is 2.31. The Morgan fingerprint density at radius 3 is 2.24 bits per heavy atom. The van der Waals surface area contributed by atoms with Gasteiger partial charge in [0.25, 0.3) is 0 Å². The third-order valence-corrected chi connectivity index (χ3v) is 3.16. The summed E-state index contributed by atoms with van der Waals surface area (Å²) >= 11 is 11.9. The molecule has 0 aliphatic heterocycles. The predicted octanol–water partition coefficient (Wildman–Crippen LogP) is 4.95. The van der Waals surface area contributed by atoms with Crippen LogP contribution >= 0.6 is 23.2 Å². The molecule has 1 unspecified atom stereocenters. The lowest BCUT2D eigenvalue weighted by Gasteiger charge is -2.11. The molecular formula is C13H8Cl2F2. The number of halogens is 4. The smallest absolute Gasteiger partial charge is 0.163 e. The van der Waals surface area contributed by atoms with E-state index in [9.17, 15) is 8.78 Å². The first-order valence-electron chi connectivity index (χ1n) is 4.93. The molecule has 0 amide bonds. The van der Waals surface area contributed by atoms with E-state index in [1.165, 1.54) is 12.1 Å². The molecule has 17 heavy (non-hydrogen) atoms. The van der Waals surface area contributed by atoms with Gasteiger partial charge in [0, 0.05) is 10.6 Å². The third kappa shape index (κ3) is 2.59. The minimum Gasteiger partial charge on any atom is -0.204 e. The molecule has 0 aliphatic carbocycles. The highest BCUT2D eigenvalue weighted by molar-refractivity contribution is 6.30. The molecule has 1 atom stereocenters. The Labute approximate surface area is 108 Å². The van der Waals surface area contributed by atoms with Crippen LogP contribution in [0.25, 0.3) is 0 Å². The predicted molar refractivity (Wildman–Crippen MR) is 65.5 cm³/mol. The Balaban J connectivity index is 2.40. The Kier molecular flexibility index (Phi) is 3.65. The van der Waals surface area contributed by atoms with Gasteiger partial charge in [-0.2, -0.15) is 0 Å². The van der Waals surface area contributed by atoms with E-state index in [0.717, 1.165) is 6.07 Å². The van der Waals surface area contributed by atoms with Gasteiger partial charge in [-0.3, -0.25) is 0 Å². The molecule has 0 heterocycles. The fourth-order valence-corrected chi connectivity index (χ4v) is 1.97. The average molecular weight is 273 g/mol. The summed E-state index contributed by atoms with van der Waals surface area (Å²) in [7, 11) is 0. The standard InChI is InChI=1S/C13H8Cl2F2/c14-9-6-4-8(5-7-9)12(15)10-2-1-3-11(16)13(10)17/h1-7,12H. The van der Waals surface area contributed by atoms with Crippen molar-refractivity contribution in [3.63, 3.8) is 0 Å². The molecule has 0 N–H and O–H groups in total. The van der Waals surface area contributed by atoms with Gasteiger partial charge >= 0.3 is 0 Å². The first-order chi connectivity index (χ1) is 8.09. The van der Waals surface area contributed by atoms with E-state index in [1.807, 2.05) is 0 Å². The molecule has 0 bridgehead atoms. The van der Waals surface area contributed by atoms with Crippen molar-refractivity contribution in [3.8, 4) is 0 Å². The second-order valence-electron chi connectivity index (χ2n) is 3.56. The van der Waals surface area contributed by atoms with Gasteiger partial charge in [-0.1, -0.05) is 35.9 Å². The molecule has 0 nitrogen and oxygen atoms in total. The van der Waals surface area contributed by atoms with Gasteiger partial charge in [0.1, 0.15) is 0 Å². The Bertz CT molecular complexity index is 523. The molecule has 0 spiro atoms. The Morgan fingerprint density at radius 1 is 0.941 bits per heavy atom. The van der Waals surface area contributed by atoms with E-state index in [4.69, 9.17) is 23.2 Å². The zero-order chi connectivity index (χ0) is 12.4. The Hall–Kier alpha value is -1.12. The van der Waals surface area contributed by atoms with E-state index < -0.39 is 17.0 Å². The second-order valence-corrected chi connectivity index (χ2v) is 4.43. The third-order valence-electron chi connectivity index (χ3n) is 2.42. The van der Waals surface area contributed by atoms with Gasteiger partial charge in [0.2, 0.25) is 0 Å². The van der Waals surface area contributed by atoms with E-state index in [-0.39, 0.29) is 5.56 Å². The molecule has 0 saturated heterocycles. The van der Waals surface area contributed by atoms with E-state index in [2.05, 4.69) is 0 Å². The molecular weight excluding hydrogens is 265 g/mol. The summed E-state index contributed by atoms with van der Waals surface area (Å²) in [6.45, 7) is 0. The molecule has 0 fully saturated rings. The summed E-state index contributed by atoms with van der Waals surface area (Å²) in [5, 5.41) is -0.166. The normalized spacial score (nSPS) is 12.5. The van der Waals surface area contributed by atoms with Crippen molar-refractivity contribution in [2.24, 2.45) is 0 Å². The van der Waals surface area contributed by atoms with Crippen LogP contribution in [0.1, 0.15) is 16.5 Å². The Morgan fingerprint density at radius 2 is 1.59 bits per heavy atom. The monoisotopic (exact) mass is 272 g/mol. The van der Waals surface area contributed by atoms with Gasteiger partial charge < -0.3 is 0 Å². The number of alkyl halides is 1. The van der Waals surface area contributed by atoms with Crippen LogP contribution < -0.4 is 0 Å². The molecule has 0 saturated carbocycles. The topological polar surface area (TPSA) is 0 Å². The van der Waals surface area contributed by atoms with Crippen molar-refractivity contribution in [3.05, 3.63) is 70.2 Å². The summed E-state index contributed by atoms with van der Waals surface area (Å²) in [5.41, 5.74) is 0.787. The summed E-state index contributed by atoms with van der Waals surface area (Å²) < 4.78 is 26.6. The SMILES string of the molecule is Fc1cccc(C(Cl)c2ccc(Cl)cc2)c1F. The molecule has 2 aromatic carbocycles. The van der Waals surface area contributed by atoms with Crippen LogP contribution in [-0.4, -0.2) is 0 Å². The van der Waals surface area contributed by atoms with E-state index in [0.29, 0.717) is 10.6 Å². The van der Waals surface area contributed by atoms with E-state index in [1.54, 1.807) is 24.3 Å². The highest BCUT2D eigenvalue weighted by atomic mass is 35.5. The molecule has 0 radical (unpaired) electrons. The second kappa shape index (κ2) is 5.03. The van der Waals surface area contributed by atoms with Crippen LogP contribution in [0.2, 0.25) is 5.02 Å². The largest absolute Gasteiger partial charge is 0.204 e. The van der Waals surface area contributed by atoms with Gasteiger partial charge in [0.05, 0.1) is 5.38 Å². The van der Waals surface area contributed by atoms with Gasteiger partial charge in [-0.25, -0.2) is 8.78 Å². The lowest BCUT2D eigenvalue weighted by molar-refractivity contribution is 0.500. The van der Waals surface area contributed by atoms with Crippen LogP contribution in [0, 0.1) is 11.6 Å². The number of hydrogen-bond donors (Lipinski definition) is 0. The summed E-state index contributed by atoms with van der Waals surface area (Å²) in [6, 6.07) is 10.6. The molecule has 2 aromatic rings. The maximum absolute atomic E-state index is 13.5. The quantitative estimate of drug-likeness (QED) is 0.679. The minimum absolute atomic E-state index is 0.119. The van der Waals surface area contributed by atoms with Gasteiger partial charge in [-0.15, -0.1) is 11.6 Å². The van der Waals surface area contributed by atoms with Crippen molar-refractivity contribution in [1.29, 1.82) is 0 Å². The number of benzene rings is 2. The van der Waals surface area contributed by atoms with Crippen LogP contribution in [0.15, 0.2) is 42.5 Å². The lowest BCUT2D eigenvalue weighted by atomic mass is 10.0. The van der Waals surface area contributed by atoms with E-state index >= 15 is 0 Å². The maximum Gasteiger partial charge on any atom is 0.163 e. The summed E-state index contributed by atoms with van der Waals surface area (Å²) in [5.74, 6) is -1.82. The molecule has 4 heteroatoms. The fourth-order valence-electron chi connectivity index (χ4n) is 1.53. The number of hydrogen-bond acceptors (Lipinski definition) is 0. The number of rotatable bonds is 2. The average Bonchev–Trinajstić information content (AvgIpc) is 2.33. The maximum atomic E-state index is 13.5.